The molecule has 0 aromatic carbocycles. The summed E-state index contributed by atoms with van der Waals surface area (Å²) in [5, 5.41) is 8.81. The van der Waals surface area contributed by atoms with Crippen LogP contribution in [0.4, 0.5) is 0 Å². The van der Waals surface area contributed by atoms with Gasteiger partial charge < -0.3 is 5.11 Å². The third-order valence-corrected chi connectivity index (χ3v) is 2.72. The summed E-state index contributed by atoms with van der Waals surface area (Å²) in [5.41, 5.74) is -0.197. The SMILES string of the molecule is CC(=O)/C=C/[C@H]1[C@@H](C(=O)O)C1(C)C. The average Bonchev–Trinajstić information content (AvgIpc) is 2.48. The van der Waals surface area contributed by atoms with Crippen LogP contribution >= 0.6 is 0 Å². The topological polar surface area (TPSA) is 54.4 Å². The van der Waals surface area contributed by atoms with E-state index in [9.17, 15) is 9.59 Å². The van der Waals surface area contributed by atoms with Gasteiger partial charge in [-0.2, -0.15) is 0 Å². The molecule has 0 bridgehead atoms. The van der Waals surface area contributed by atoms with E-state index in [1.165, 1.54) is 13.0 Å². The maximum atomic E-state index is 10.7. The van der Waals surface area contributed by atoms with Crippen molar-refractivity contribution < 1.29 is 14.7 Å². The van der Waals surface area contributed by atoms with Gasteiger partial charge in [0.15, 0.2) is 5.78 Å². The van der Waals surface area contributed by atoms with Crippen LogP contribution in [0.2, 0.25) is 0 Å². The van der Waals surface area contributed by atoms with E-state index in [1.54, 1.807) is 6.08 Å². The number of carbonyl (C=O) groups excluding carboxylic acids is 1. The number of hydrogen-bond donors (Lipinski definition) is 1. The number of carbonyl (C=O) groups is 2. The zero-order valence-electron chi connectivity index (χ0n) is 8.07. The van der Waals surface area contributed by atoms with Crippen LogP contribution in [0.15, 0.2) is 12.2 Å². The van der Waals surface area contributed by atoms with E-state index in [4.69, 9.17) is 5.11 Å². The highest BCUT2D eigenvalue weighted by molar-refractivity contribution is 5.87. The molecule has 13 heavy (non-hydrogen) atoms. The van der Waals surface area contributed by atoms with Crippen molar-refractivity contribution in [3.05, 3.63) is 12.2 Å². The Bertz CT molecular complexity index is 276. The van der Waals surface area contributed by atoms with Crippen LogP contribution in [0.25, 0.3) is 0 Å². The van der Waals surface area contributed by atoms with Gasteiger partial charge in [-0.15, -0.1) is 0 Å². The molecule has 0 aliphatic heterocycles. The molecule has 1 aliphatic carbocycles. The molecule has 0 spiro atoms. The molecule has 3 nitrogen and oxygen atoms in total. The first-order chi connectivity index (χ1) is 5.87. The average molecular weight is 182 g/mol. The highest BCUT2D eigenvalue weighted by atomic mass is 16.4. The van der Waals surface area contributed by atoms with E-state index < -0.39 is 5.97 Å². The predicted molar refractivity (Wildman–Crippen MR) is 48.2 cm³/mol. The number of hydrogen-bond acceptors (Lipinski definition) is 2. The van der Waals surface area contributed by atoms with Crippen molar-refractivity contribution in [2.45, 2.75) is 20.8 Å². The number of ketones is 1. The van der Waals surface area contributed by atoms with Crippen molar-refractivity contribution in [2.75, 3.05) is 0 Å². The molecule has 1 fully saturated rings. The fraction of sp³-hybridized carbons (Fsp3) is 0.600. The Hall–Kier alpha value is -1.12. The van der Waals surface area contributed by atoms with Crippen molar-refractivity contribution in [1.82, 2.24) is 0 Å². The third-order valence-electron chi connectivity index (χ3n) is 2.72. The smallest absolute Gasteiger partial charge is 0.307 e. The first-order valence-corrected chi connectivity index (χ1v) is 4.29. The molecule has 3 heteroatoms. The fourth-order valence-corrected chi connectivity index (χ4v) is 1.75. The number of carboxylic acid groups (broad SMARTS) is 1. The summed E-state index contributed by atoms with van der Waals surface area (Å²) >= 11 is 0. The molecule has 1 saturated carbocycles. The van der Waals surface area contributed by atoms with Gasteiger partial charge in [-0.05, 0) is 24.3 Å². The zero-order chi connectivity index (χ0) is 10.2. The fourth-order valence-electron chi connectivity index (χ4n) is 1.75. The van der Waals surface area contributed by atoms with Crippen molar-refractivity contribution in [1.29, 1.82) is 0 Å². The van der Waals surface area contributed by atoms with Gasteiger partial charge in [-0.1, -0.05) is 19.9 Å². The van der Waals surface area contributed by atoms with Crippen LogP contribution in [-0.2, 0) is 9.59 Å². The molecule has 0 saturated heterocycles. The van der Waals surface area contributed by atoms with Gasteiger partial charge in [-0.3, -0.25) is 9.59 Å². The Balaban J connectivity index is 2.66. The van der Waals surface area contributed by atoms with E-state index in [0.717, 1.165) is 0 Å². The molecule has 0 aromatic heterocycles. The normalized spacial score (nSPS) is 30.4. The lowest BCUT2D eigenvalue weighted by atomic mass is 10.1. The Morgan fingerprint density at radius 1 is 1.38 bits per heavy atom. The Morgan fingerprint density at radius 3 is 2.23 bits per heavy atom. The maximum Gasteiger partial charge on any atom is 0.307 e. The monoisotopic (exact) mass is 182 g/mol. The molecule has 1 rings (SSSR count). The van der Waals surface area contributed by atoms with Crippen LogP contribution in [0.1, 0.15) is 20.8 Å². The molecule has 0 amide bonds. The number of allylic oxidation sites excluding steroid dienone is 2. The van der Waals surface area contributed by atoms with E-state index in [2.05, 4.69) is 0 Å². The highest BCUT2D eigenvalue weighted by Crippen LogP contribution is 2.58. The standard InChI is InChI=1S/C10H14O3/c1-6(11)4-5-7-8(9(12)13)10(7,2)3/h4-5,7-8H,1-3H3,(H,12,13)/b5-4+/t7-,8-/m0/s1. The number of rotatable bonds is 3. The Labute approximate surface area is 77.4 Å². The van der Waals surface area contributed by atoms with E-state index in [0.29, 0.717) is 0 Å². The van der Waals surface area contributed by atoms with E-state index in [-0.39, 0.29) is 23.0 Å². The molecular weight excluding hydrogens is 168 g/mol. The molecular formula is C10H14O3. The minimum atomic E-state index is -0.775. The molecule has 0 aromatic rings. The second-order valence-electron chi connectivity index (χ2n) is 4.13. The summed E-state index contributed by atoms with van der Waals surface area (Å²) in [7, 11) is 0. The van der Waals surface area contributed by atoms with Crippen molar-refractivity contribution >= 4 is 11.8 Å². The first kappa shape index (κ1) is 9.96. The van der Waals surface area contributed by atoms with Crippen LogP contribution in [-0.4, -0.2) is 16.9 Å². The summed E-state index contributed by atoms with van der Waals surface area (Å²) < 4.78 is 0. The van der Waals surface area contributed by atoms with Gasteiger partial charge >= 0.3 is 5.97 Å². The van der Waals surface area contributed by atoms with Gasteiger partial charge in [0.25, 0.3) is 0 Å². The highest BCUT2D eigenvalue weighted by Gasteiger charge is 2.60. The predicted octanol–water partition coefficient (Wildman–Crippen LogP) is 1.49. The van der Waals surface area contributed by atoms with E-state index in [1.807, 2.05) is 13.8 Å². The molecule has 72 valence electrons. The van der Waals surface area contributed by atoms with Gasteiger partial charge in [0, 0.05) is 0 Å². The van der Waals surface area contributed by atoms with Crippen LogP contribution < -0.4 is 0 Å². The summed E-state index contributed by atoms with van der Waals surface area (Å²) in [4.78, 5) is 21.3. The van der Waals surface area contributed by atoms with E-state index >= 15 is 0 Å². The van der Waals surface area contributed by atoms with Crippen molar-refractivity contribution in [2.24, 2.45) is 17.3 Å². The molecule has 0 unspecified atom stereocenters. The summed E-state index contributed by atoms with van der Waals surface area (Å²) in [6, 6.07) is 0. The van der Waals surface area contributed by atoms with Gasteiger partial charge in [0.1, 0.15) is 0 Å². The summed E-state index contributed by atoms with van der Waals surface area (Å²) in [5.74, 6) is -1.13. The Kier molecular flexibility index (Phi) is 2.28. The maximum absolute atomic E-state index is 10.7. The number of carboxylic acids is 1. The zero-order valence-corrected chi connectivity index (χ0v) is 8.07. The lowest BCUT2D eigenvalue weighted by Crippen LogP contribution is -2.03. The molecule has 0 heterocycles. The van der Waals surface area contributed by atoms with Crippen molar-refractivity contribution in [3.8, 4) is 0 Å². The summed E-state index contributed by atoms with van der Waals surface area (Å²) in [6.45, 7) is 5.27. The lowest BCUT2D eigenvalue weighted by Gasteiger charge is -1.95. The third kappa shape index (κ3) is 1.79. The number of aliphatic carboxylic acids is 1. The summed E-state index contributed by atoms with van der Waals surface area (Å²) in [6.07, 6.45) is 3.16. The molecule has 0 radical (unpaired) electrons. The minimum Gasteiger partial charge on any atom is -0.481 e. The van der Waals surface area contributed by atoms with Crippen LogP contribution in [0.3, 0.4) is 0 Å². The minimum absolute atomic E-state index is 0.00824. The second-order valence-corrected chi connectivity index (χ2v) is 4.13. The first-order valence-electron chi connectivity index (χ1n) is 4.29. The largest absolute Gasteiger partial charge is 0.481 e. The molecule has 2 atom stereocenters. The Morgan fingerprint density at radius 2 is 1.92 bits per heavy atom. The molecule has 1 aliphatic rings. The lowest BCUT2D eigenvalue weighted by molar-refractivity contribution is -0.139. The van der Waals surface area contributed by atoms with Gasteiger partial charge in [0.05, 0.1) is 5.92 Å². The molecule has 1 N–H and O–H groups in total. The quantitative estimate of drug-likeness (QED) is 0.673. The van der Waals surface area contributed by atoms with Crippen LogP contribution in [0.5, 0.6) is 0 Å². The second kappa shape index (κ2) is 2.98. The van der Waals surface area contributed by atoms with Gasteiger partial charge in [-0.25, -0.2) is 0 Å². The van der Waals surface area contributed by atoms with Crippen LogP contribution in [0, 0.1) is 17.3 Å². The van der Waals surface area contributed by atoms with Gasteiger partial charge in [0.2, 0.25) is 0 Å². The van der Waals surface area contributed by atoms with Crippen molar-refractivity contribution in [3.63, 3.8) is 0 Å².